The summed E-state index contributed by atoms with van der Waals surface area (Å²) in [7, 11) is 0. The summed E-state index contributed by atoms with van der Waals surface area (Å²) >= 11 is 3.18. The van der Waals surface area contributed by atoms with Gasteiger partial charge in [-0.05, 0) is 53.2 Å². The van der Waals surface area contributed by atoms with Crippen LogP contribution >= 0.6 is 15.9 Å². The van der Waals surface area contributed by atoms with Gasteiger partial charge in [-0.2, -0.15) is 0 Å². The van der Waals surface area contributed by atoms with Gasteiger partial charge in [-0.1, -0.05) is 0 Å². The molecule has 0 unspecified atom stereocenters. The summed E-state index contributed by atoms with van der Waals surface area (Å²) in [5.74, 6) is -2.00. The molecule has 112 valence electrons. The largest absolute Gasteiger partial charge is 0.436 e. The van der Waals surface area contributed by atoms with Gasteiger partial charge in [-0.3, -0.25) is 0 Å². The molecule has 0 radical (unpaired) electrons. The van der Waals surface area contributed by atoms with Crippen molar-refractivity contribution in [3.05, 3.63) is 58.0 Å². The summed E-state index contributed by atoms with van der Waals surface area (Å²) < 4.78 is 45.9. The van der Waals surface area contributed by atoms with Crippen LogP contribution in [0.1, 0.15) is 5.69 Å². The summed E-state index contributed by atoms with van der Waals surface area (Å²) in [4.78, 5) is 8.12. The molecular formula is C15H8BrF3N2O. The van der Waals surface area contributed by atoms with Gasteiger partial charge in [0.2, 0.25) is 5.88 Å². The molecule has 0 fully saturated rings. The van der Waals surface area contributed by atoms with Crippen LogP contribution in [0.15, 0.2) is 34.8 Å². The Hall–Kier alpha value is -2.15. The van der Waals surface area contributed by atoms with Crippen molar-refractivity contribution >= 4 is 27.0 Å². The maximum atomic E-state index is 13.7. The van der Waals surface area contributed by atoms with E-state index in [1.807, 2.05) is 0 Å². The van der Waals surface area contributed by atoms with Gasteiger partial charge >= 0.3 is 0 Å². The highest BCUT2D eigenvalue weighted by atomic mass is 79.9. The third-order valence-corrected chi connectivity index (χ3v) is 3.58. The van der Waals surface area contributed by atoms with Gasteiger partial charge in [-0.25, -0.2) is 23.1 Å². The van der Waals surface area contributed by atoms with Crippen molar-refractivity contribution in [1.29, 1.82) is 0 Å². The van der Waals surface area contributed by atoms with Crippen molar-refractivity contribution in [1.82, 2.24) is 9.97 Å². The first-order valence-corrected chi connectivity index (χ1v) is 7.00. The minimum absolute atomic E-state index is 0.130. The molecule has 0 aliphatic rings. The molecule has 0 saturated heterocycles. The fourth-order valence-corrected chi connectivity index (χ4v) is 2.32. The molecule has 2 aromatic carbocycles. The summed E-state index contributed by atoms with van der Waals surface area (Å²) in [5, 5.41) is 0. The van der Waals surface area contributed by atoms with E-state index in [1.54, 1.807) is 6.92 Å². The lowest BCUT2D eigenvalue weighted by atomic mass is 10.2. The van der Waals surface area contributed by atoms with Crippen LogP contribution in [0.3, 0.4) is 0 Å². The standard InChI is InChI=1S/C15H8BrF3N2O/c1-7-15(22-12-5-2-8(17)6-9(12)16)21-11-4-3-10(18)13(19)14(11)20-7/h2-6H,1H3. The predicted octanol–water partition coefficient (Wildman–Crippen LogP) is 4.91. The highest BCUT2D eigenvalue weighted by Crippen LogP contribution is 2.31. The Morgan fingerprint density at radius 2 is 1.82 bits per heavy atom. The van der Waals surface area contributed by atoms with Crippen molar-refractivity contribution < 1.29 is 17.9 Å². The number of aromatic nitrogens is 2. The van der Waals surface area contributed by atoms with E-state index in [1.165, 1.54) is 24.3 Å². The van der Waals surface area contributed by atoms with E-state index in [-0.39, 0.29) is 22.6 Å². The number of halogens is 4. The van der Waals surface area contributed by atoms with E-state index in [9.17, 15) is 13.2 Å². The molecule has 0 saturated carbocycles. The van der Waals surface area contributed by atoms with E-state index >= 15 is 0 Å². The van der Waals surface area contributed by atoms with Gasteiger partial charge in [0, 0.05) is 0 Å². The van der Waals surface area contributed by atoms with Gasteiger partial charge in [0.15, 0.2) is 11.6 Å². The normalized spacial score (nSPS) is 11.0. The molecule has 3 aromatic rings. The zero-order chi connectivity index (χ0) is 15.9. The number of hydrogen-bond donors (Lipinski definition) is 0. The Kier molecular flexibility index (Phi) is 3.74. The van der Waals surface area contributed by atoms with Gasteiger partial charge in [-0.15, -0.1) is 0 Å². The fourth-order valence-electron chi connectivity index (χ4n) is 1.89. The van der Waals surface area contributed by atoms with Crippen molar-refractivity contribution in [3.63, 3.8) is 0 Å². The monoisotopic (exact) mass is 368 g/mol. The summed E-state index contributed by atoms with van der Waals surface area (Å²) in [6.07, 6.45) is 0. The minimum Gasteiger partial charge on any atom is -0.436 e. The topological polar surface area (TPSA) is 35.0 Å². The summed E-state index contributed by atoms with van der Waals surface area (Å²) in [6, 6.07) is 6.19. The highest BCUT2D eigenvalue weighted by Gasteiger charge is 2.14. The van der Waals surface area contributed by atoms with Crippen LogP contribution in [0.2, 0.25) is 0 Å². The van der Waals surface area contributed by atoms with E-state index in [0.29, 0.717) is 10.2 Å². The highest BCUT2D eigenvalue weighted by molar-refractivity contribution is 9.10. The lowest BCUT2D eigenvalue weighted by molar-refractivity contribution is 0.452. The molecule has 0 aliphatic carbocycles. The zero-order valence-electron chi connectivity index (χ0n) is 11.2. The summed E-state index contributed by atoms with van der Waals surface area (Å²) in [5.41, 5.74) is 0.286. The smallest absolute Gasteiger partial charge is 0.241 e. The molecule has 0 aliphatic heterocycles. The number of hydrogen-bond acceptors (Lipinski definition) is 3. The number of fused-ring (bicyclic) bond motifs is 1. The number of aryl methyl sites for hydroxylation is 1. The number of rotatable bonds is 2. The molecule has 0 amide bonds. The average molecular weight is 369 g/mol. The van der Waals surface area contributed by atoms with Crippen molar-refractivity contribution in [2.24, 2.45) is 0 Å². The SMILES string of the molecule is Cc1nc2c(F)c(F)ccc2nc1Oc1ccc(F)cc1Br. The Morgan fingerprint density at radius 3 is 2.55 bits per heavy atom. The van der Waals surface area contributed by atoms with E-state index < -0.39 is 17.5 Å². The Balaban J connectivity index is 2.08. The fraction of sp³-hybridized carbons (Fsp3) is 0.0667. The lowest BCUT2D eigenvalue weighted by Crippen LogP contribution is -1.99. The van der Waals surface area contributed by atoms with Crippen molar-refractivity contribution in [2.75, 3.05) is 0 Å². The number of ether oxygens (including phenoxy) is 1. The molecule has 22 heavy (non-hydrogen) atoms. The van der Waals surface area contributed by atoms with E-state index in [0.717, 1.165) is 6.07 Å². The van der Waals surface area contributed by atoms with E-state index in [4.69, 9.17) is 4.74 Å². The van der Waals surface area contributed by atoms with Crippen LogP contribution in [0.4, 0.5) is 13.2 Å². The van der Waals surface area contributed by atoms with Crippen LogP contribution < -0.4 is 4.74 Å². The quantitative estimate of drug-likeness (QED) is 0.644. The van der Waals surface area contributed by atoms with Crippen molar-refractivity contribution in [3.8, 4) is 11.6 Å². The number of benzene rings is 2. The molecule has 3 nitrogen and oxygen atoms in total. The molecular weight excluding hydrogens is 361 g/mol. The van der Waals surface area contributed by atoms with Crippen LogP contribution in [0, 0.1) is 24.4 Å². The number of nitrogens with zero attached hydrogens (tertiary/aromatic N) is 2. The van der Waals surface area contributed by atoms with Crippen molar-refractivity contribution in [2.45, 2.75) is 6.92 Å². The Bertz CT molecular complexity index is 886. The Morgan fingerprint density at radius 1 is 1.05 bits per heavy atom. The third kappa shape index (κ3) is 2.64. The van der Waals surface area contributed by atoms with E-state index in [2.05, 4.69) is 25.9 Å². The predicted molar refractivity (Wildman–Crippen MR) is 78.4 cm³/mol. The molecule has 0 N–H and O–H groups in total. The van der Waals surface area contributed by atoms with Gasteiger partial charge in [0.1, 0.15) is 22.8 Å². The van der Waals surface area contributed by atoms with Gasteiger partial charge in [0.05, 0.1) is 9.99 Å². The maximum absolute atomic E-state index is 13.7. The molecule has 0 bridgehead atoms. The molecule has 0 atom stereocenters. The molecule has 1 aromatic heterocycles. The summed E-state index contributed by atoms with van der Waals surface area (Å²) in [6.45, 7) is 1.56. The van der Waals surface area contributed by atoms with Gasteiger partial charge in [0.25, 0.3) is 0 Å². The second-order valence-electron chi connectivity index (χ2n) is 4.52. The molecule has 0 spiro atoms. The first-order chi connectivity index (χ1) is 10.5. The first kappa shape index (κ1) is 14.8. The second kappa shape index (κ2) is 5.57. The lowest BCUT2D eigenvalue weighted by Gasteiger charge is -2.10. The van der Waals surface area contributed by atoms with Crippen LogP contribution in [-0.2, 0) is 0 Å². The first-order valence-electron chi connectivity index (χ1n) is 6.21. The second-order valence-corrected chi connectivity index (χ2v) is 5.37. The third-order valence-electron chi connectivity index (χ3n) is 2.96. The zero-order valence-corrected chi connectivity index (χ0v) is 12.8. The maximum Gasteiger partial charge on any atom is 0.241 e. The van der Waals surface area contributed by atoms with Crippen LogP contribution in [0.5, 0.6) is 11.6 Å². The van der Waals surface area contributed by atoms with Crippen LogP contribution in [-0.4, -0.2) is 9.97 Å². The Labute approximate surface area is 131 Å². The molecule has 3 rings (SSSR count). The molecule has 1 heterocycles. The minimum atomic E-state index is -1.05. The average Bonchev–Trinajstić information content (AvgIpc) is 2.47. The molecule has 7 heteroatoms. The van der Waals surface area contributed by atoms with Crippen LogP contribution in [0.25, 0.3) is 11.0 Å². The van der Waals surface area contributed by atoms with Gasteiger partial charge < -0.3 is 4.74 Å².